The van der Waals surface area contributed by atoms with Crippen LogP contribution in [-0.2, 0) is 4.79 Å². The van der Waals surface area contributed by atoms with Crippen molar-refractivity contribution in [1.29, 1.82) is 0 Å². The standard InChI is InChI=1S/C15H29N3O.2ClH/c1-18-9-6-12(7-10-18)5-8-17-15(19)13-3-2-4-14(16)11-13;;/h12-14H,2-11,16H2,1H3,(H,17,19);2*1H. The minimum absolute atomic E-state index is 0. The molecule has 0 radical (unpaired) electrons. The lowest BCUT2D eigenvalue weighted by Crippen LogP contribution is -2.39. The van der Waals surface area contributed by atoms with Crippen LogP contribution in [0.3, 0.4) is 0 Å². The van der Waals surface area contributed by atoms with Crippen LogP contribution in [0.15, 0.2) is 0 Å². The third kappa shape index (κ3) is 7.18. The maximum atomic E-state index is 12.1. The summed E-state index contributed by atoms with van der Waals surface area (Å²) in [6.45, 7) is 3.26. The highest BCUT2D eigenvalue weighted by molar-refractivity contribution is 5.85. The third-order valence-corrected chi connectivity index (χ3v) is 4.78. The van der Waals surface area contributed by atoms with Crippen LogP contribution in [0.5, 0.6) is 0 Å². The molecule has 4 nitrogen and oxygen atoms in total. The molecule has 1 aliphatic carbocycles. The Morgan fingerprint density at radius 3 is 2.48 bits per heavy atom. The molecule has 1 heterocycles. The van der Waals surface area contributed by atoms with E-state index in [2.05, 4.69) is 17.3 Å². The van der Waals surface area contributed by atoms with Crippen molar-refractivity contribution < 1.29 is 4.79 Å². The number of halogens is 2. The van der Waals surface area contributed by atoms with Gasteiger partial charge < -0.3 is 16.0 Å². The molecule has 2 atom stereocenters. The molecule has 2 rings (SSSR count). The number of carbonyl (C=O) groups excluding carboxylic acids is 1. The lowest BCUT2D eigenvalue weighted by Gasteiger charge is -2.29. The summed E-state index contributed by atoms with van der Waals surface area (Å²) in [4.78, 5) is 14.4. The van der Waals surface area contributed by atoms with Crippen molar-refractivity contribution in [2.24, 2.45) is 17.6 Å². The molecule has 0 spiro atoms. The van der Waals surface area contributed by atoms with Gasteiger partial charge in [-0.25, -0.2) is 0 Å². The van der Waals surface area contributed by atoms with Gasteiger partial charge in [0.2, 0.25) is 5.91 Å². The monoisotopic (exact) mass is 339 g/mol. The van der Waals surface area contributed by atoms with Gasteiger partial charge in [-0.1, -0.05) is 6.42 Å². The Bertz CT molecular complexity index is 297. The fourth-order valence-corrected chi connectivity index (χ4v) is 3.36. The lowest BCUT2D eigenvalue weighted by molar-refractivity contribution is -0.126. The molecule has 1 amide bonds. The van der Waals surface area contributed by atoms with Crippen LogP contribution in [-0.4, -0.2) is 43.5 Å². The molecule has 0 aromatic heterocycles. The minimum atomic E-state index is 0. The second kappa shape index (κ2) is 10.7. The Morgan fingerprint density at radius 1 is 1.19 bits per heavy atom. The molecule has 6 heteroatoms. The van der Waals surface area contributed by atoms with Gasteiger partial charge in [0.1, 0.15) is 0 Å². The van der Waals surface area contributed by atoms with Crippen LogP contribution in [0.4, 0.5) is 0 Å². The third-order valence-electron chi connectivity index (χ3n) is 4.78. The lowest BCUT2D eigenvalue weighted by atomic mass is 9.85. The first-order valence-electron chi connectivity index (χ1n) is 7.87. The summed E-state index contributed by atoms with van der Waals surface area (Å²) >= 11 is 0. The Kier molecular flexibility index (Phi) is 10.6. The summed E-state index contributed by atoms with van der Waals surface area (Å²) in [5.41, 5.74) is 5.94. The average Bonchev–Trinajstić information content (AvgIpc) is 2.41. The predicted octanol–water partition coefficient (Wildman–Crippen LogP) is 2.20. The van der Waals surface area contributed by atoms with E-state index in [9.17, 15) is 4.79 Å². The molecule has 0 aromatic carbocycles. The zero-order valence-electron chi connectivity index (χ0n) is 13.1. The number of hydrogen-bond acceptors (Lipinski definition) is 3. The topological polar surface area (TPSA) is 58.4 Å². The smallest absolute Gasteiger partial charge is 0.223 e. The zero-order chi connectivity index (χ0) is 13.7. The van der Waals surface area contributed by atoms with E-state index >= 15 is 0 Å². The molecule has 126 valence electrons. The molecule has 1 saturated carbocycles. The number of nitrogens with two attached hydrogens (primary N) is 1. The van der Waals surface area contributed by atoms with E-state index < -0.39 is 0 Å². The number of carbonyl (C=O) groups is 1. The van der Waals surface area contributed by atoms with Crippen LogP contribution in [0.25, 0.3) is 0 Å². The van der Waals surface area contributed by atoms with Crippen LogP contribution < -0.4 is 11.1 Å². The van der Waals surface area contributed by atoms with Crippen LogP contribution in [0.1, 0.15) is 44.9 Å². The van der Waals surface area contributed by atoms with E-state index in [0.717, 1.165) is 44.6 Å². The Hall–Kier alpha value is -0.0300. The summed E-state index contributed by atoms with van der Waals surface area (Å²) in [7, 11) is 2.18. The van der Waals surface area contributed by atoms with Gasteiger partial charge >= 0.3 is 0 Å². The molecule has 3 N–H and O–H groups in total. The first-order chi connectivity index (χ1) is 9.15. The highest BCUT2D eigenvalue weighted by Crippen LogP contribution is 2.23. The maximum absolute atomic E-state index is 12.1. The van der Waals surface area contributed by atoms with Gasteiger partial charge in [-0.3, -0.25) is 4.79 Å². The zero-order valence-corrected chi connectivity index (χ0v) is 14.7. The van der Waals surface area contributed by atoms with E-state index in [4.69, 9.17) is 5.73 Å². The second-order valence-corrected chi connectivity index (χ2v) is 6.45. The number of rotatable bonds is 4. The molecule has 1 saturated heterocycles. The van der Waals surface area contributed by atoms with Crippen molar-refractivity contribution in [3.8, 4) is 0 Å². The van der Waals surface area contributed by atoms with Gasteiger partial charge in [0.25, 0.3) is 0 Å². The molecule has 0 aromatic rings. The van der Waals surface area contributed by atoms with E-state index in [-0.39, 0.29) is 42.7 Å². The first kappa shape index (κ1) is 21.0. The number of piperidine rings is 1. The van der Waals surface area contributed by atoms with Crippen molar-refractivity contribution in [1.82, 2.24) is 10.2 Å². The summed E-state index contributed by atoms with van der Waals surface area (Å²) in [5.74, 6) is 1.20. The Labute approximate surface area is 141 Å². The number of amides is 1. The molecule has 21 heavy (non-hydrogen) atoms. The molecule has 2 aliphatic rings. The van der Waals surface area contributed by atoms with E-state index in [1.807, 2.05) is 0 Å². The van der Waals surface area contributed by atoms with Gasteiger partial charge in [-0.05, 0) is 64.6 Å². The Morgan fingerprint density at radius 2 is 1.86 bits per heavy atom. The van der Waals surface area contributed by atoms with Gasteiger partial charge in [0.15, 0.2) is 0 Å². The minimum Gasteiger partial charge on any atom is -0.356 e. The van der Waals surface area contributed by atoms with Crippen LogP contribution in [0.2, 0.25) is 0 Å². The largest absolute Gasteiger partial charge is 0.356 e. The van der Waals surface area contributed by atoms with Gasteiger partial charge in [0, 0.05) is 18.5 Å². The predicted molar refractivity (Wildman–Crippen MR) is 92.3 cm³/mol. The summed E-state index contributed by atoms with van der Waals surface area (Å²) in [6.07, 6.45) is 7.78. The SMILES string of the molecule is CN1CCC(CCNC(=O)C2CCCC(N)C2)CC1.Cl.Cl. The molecule has 1 aliphatic heterocycles. The number of likely N-dealkylation sites (tertiary alicyclic amines) is 1. The molecular formula is C15H31Cl2N3O. The quantitative estimate of drug-likeness (QED) is 0.825. The summed E-state index contributed by atoms with van der Waals surface area (Å²) in [6, 6.07) is 0.235. The second-order valence-electron chi connectivity index (χ2n) is 6.45. The van der Waals surface area contributed by atoms with Gasteiger partial charge in [0.05, 0.1) is 0 Å². The van der Waals surface area contributed by atoms with E-state index in [1.165, 1.54) is 25.9 Å². The van der Waals surface area contributed by atoms with Crippen molar-refractivity contribution in [3.63, 3.8) is 0 Å². The number of nitrogens with zero attached hydrogens (tertiary/aromatic N) is 1. The summed E-state index contributed by atoms with van der Waals surface area (Å²) < 4.78 is 0. The molecule has 0 bridgehead atoms. The highest BCUT2D eigenvalue weighted by atomic mass is 35.5. The van der Waals surface area contributed by atoms with E-state index in [1.54, 1.807) is 0 Å². The van der Waals surface area contributed by atoms with E-state index in [0.29, 0.717) is 0 Å². The molecule has 2 unspecified atom stereocenters. The number of nitrogens with one attached hydrogen (secondary N) is 1. The first-order valence-corrected chi connectivity index (χ1v) is 7.87. The van der Waals surface area contributed by atoms with Gasteiger partial charge in [-0.15, -0.1) is 24.8 Å². The Balaban J connectivity index is 0.00000200. The van der Waals surface area contributed by atoms with Gasteiger partial charge in [-0.2, -0.15) is 0 Å². The fourth-order valence-electron chi connectivity index (χ4n) is 3.36. The van der Waals surface area contributed by atoms with Crippen molar-refractivity contribution in [2.45, 2.75) is 51.0 Å². The summed E-state index contributed by atoms with van der Waals surface area (Å²) in [5, 5.41) is 3.12. The number of hydrogen-bond donors (Lipinski definition) is 2. The maximum Gasteiger partial charge on any atom is 0.223 e. The average molecular weight is 340 g/mol. The van der Waals surface area contributed by atoms with Crippen molar-refractivity contribution in [3.05, 3.63) is 0 Å². The molecular weight excluding hydrogens is 309 g/mol. The van der Waals surface area contributed by atoms with Crippen LogP contribution in [0, 0.1) is 11.8 Å². The normalized spacial score (nSPS) is 27.3. The molecule has 2 fully saturated rings. The van der Waals surface area contributed by atoms with Crippen molar-refractivity contribution >= 4 is 30.7 Å². The highest BCUT2D eigenvalue weighted by Gasteiger charge is 2.25. The van der Waals surface area contributed by atoms with Crippen molar-refractivity contribution in [2.75, 3.05) is 26.7 Å². The van der Waals surface area contributed by atoms with Crippen LogP contribution >= 0.6 is 24.8 Å². The fraction of sp³-hybridized carbons (Fsp3) is 0.933.